The predicted octanol–water partition coefficient (Wildman–Crippen LogP) is 2.55. The minimum atomic E-state index is 0.179. The first-order chi connectivity index (χ1) is 8.24. The molecule has 0 bridgehead atoms. The van der Waals surface area contributed by atoms with Gasteiger partial charge in [0.1, 0.15) is 0 Å². The highest BCUT2D eigenvalue weighted by molar-refractivity contribution is 6.02. The van der Waals surface area contributed by atoms with Crippen molar-refractivity contribution < 1.29 is 4.79 Å². The Balaban J connectivity index is 2.01. The lowest BCUT2D eigenvalue weighted by Gasteiger charge is -2.25. The molecular weight excluding hydrogens is 210 g/mol. The Labute approximate surface area is 101 Å². The molecule has 1 aliphatic rings. The van der Waals surface area contributed by atoms with Crippen molar-refractivity contribution in [3.63, 3.8) is 0 Å². The fourth-order valence-electron chi connectivity index (χ4n) is 2.23. The van der Waals surface area contributed by atoms with Gasteiger partial charge in [0, 0.05) is 24.6 Å². The molecule has 2 aromatic rings. The van der Waals surface area contributed by atoms with E-state index in [1.807, 2.05) is 18.2 Å². The molecule has 1 N–H and O–H groups in total. The number of nitrogens with one attached hydrogen (secondary N) is 1. The summed E-state index contributed by atoms with van der Waals surface area (Å²) in [6.45, 7) is 3.73. The third kappa shape index (κ3) is 1.85. The van der Waals surface area contributed by atoms with Crippen LogP contribution in [0.15, 0.2) is 36.4 Å². The first-order valence-electron chi connectivity index (χ1n) is 5.99. The Morgan fingerprint density at radius 1 is 1.12 bits per heavy atom. The lowest BCUT2D eigenvalue weighted by Crippen LogP contribution is -2.46. The quantitative estimate of drug-likeness (QED) is 0.796. The molecule has 0 atom stereocenters. The smallest absolute Gasteiger partial charge is 0.168 e. The molecule has 0 spiro atoms. The van der Waals surface area contributed by atoms with E-state index in [0.717, 1.165) is 24.0 Å². The van der Waals surface area contributed by atoms with Crippen molar-refractivity contribution in [2.45, 2.75) is 6.92 Å². The van der Waals surface area contributed by atoms with E-state index in [-0.39, 0.29) is 11.7 Å². The van der Waals surface area contributed by atoms with Crippen LogP contribution in [0.1, 0.15) is 15.9 Å². The maximum atomic E-state index is 12.1. The molecule has 2 nitrogen and oxygen atoms in total. The van der Waals surface area contributed by atoms with Gasteiger partial charge in [0.05, 0.1) is 0 Å². The van der Waals surface area contributed by atoms with Gasteiger partial charge in [-0.3, -0.25) is 4.79 Å². The first-order valence-corrected chi connectivity index (χ1v) is 5.99. The number of rotatable bonds is 2. The van der Waals surface area contributed by atoms with Gasteiger partial charge in [0.25, 0.3) is 0 Å². The van der Waals surface area contributed by atoms with Gasteiger partial charge < -0.3 is 5.32 Å². The Kier molecular flexibility index (Phi) is 2.45. The summed E-state index contributed by atoms with van der Waals surface area (Å²) in [6.07, 6.45) is 0. The molecule has 1 fully saturated rings. The van der Waals surface area contributed by atoms with Crippen LogP contribution < -0.4 is 5.32 Å². The van der Waals surface area contributed by atoms with Crippen molar-refractivity contribution in [1.82, 2.24) is 5.32 Å². The van der Waals surface area contributed by atoms with E-state index < -0.39 is 0 Å². The second-order valence-electron chi connectivity index (χ2n) is 4.78. The van der Waals surface area contributed by atoms with Crippen molar-refractivity contribution in [2.24, 2.45) is 5.92 Å². The molecule has 1 saturated heterocycles. The summed E-state index contributed by atoms with van der Waals surface area (Å²) in [7, 11) is 0. The van der Waals surface area contributed by atoms with Gasteiger partial charge in [0.15, 0.2) is 5.78 Å². The molecule has 2 heteroatoms. The van der Waals surface area contributed by atoms with Crippen LogP contribution in [0.25, 0.3) is 10.8 Å². The van der Waals surface area contributed by atoms with Gasteiger partial charge in [-0.2, -0.15) is 0 Å². The average molecular weight is 225 g/mol. The Bertz CT molecular complexity index is 584. The number of carbonyl (C=O) groups is 1. The van der Waals surface area contributed by atoms with Gasteiger partial charge in [-0.1, -0.05) is 35.9 Å². The van der Waals surface area contributed by atoms with Crippen LogP contribution in [-0.4, -0.2) is 18.9 Å². The Hall–Kier alpha value is -1.67. The number of ketones is 1. The number of hydrogen-bond acceptors (Lipinski definition) is 2. The van der Waals surface area contributed by atoms with Crippen LogP contribution >= 0.6 is 0 Å². The van der Waals surface area contributed by atoms with E-state index in [2.05, 4.69) is 30.4 Å². The van der Waals surface area contributed by atoms with Gasteiger partial charge in [0.2, 0.25) is 0 Å². The molecule has 0 aliphatic carbocycles. The molecule has 2 aromatic carbocycles. The van der Waals surface area contributed by atoms with Crippen LogP contribution in [0.5, 0.6) is 0 Å². The molecule has 0 amide bonds. The minimum absolute atomic E-state index is 0.179. The summed E-state index contributed by atoms with van der Waals surface area (Å²) in [4.78, 5) is 12.1. The Morgan fingerprint density at radius 2 is 1.82 bits per heavy atom. The van der Waals surface area contributed by atoms with Crippen molar-refractivity contribution in [3.8, 4) is 0 Å². The summed E-state index contributed by atoms with van der Waals surface area (Å²) < 4.78 is 0. The van der Waals surface area contributed by atoms with E-state index >= 15 is 0 Å². The second-order valence-corrected chi connectivity index (χ2v) is 4.78. The molecule has 1 heterocycles. The Morgan fingerprint density at radius 3 is 2.53 bits per heavy atom. The van der Waals surface area contributed by atoms with E-state index in [0.29, 0.717) is 0 Å². The summed E-state index contributed by atoms with van der Waals surface area (Å²) in [6, 6.07) is 12.3. The molecular formula is C15H15NO. The van der Waals surface area contributed by atoms with E-state index in [1.165, 1.54) is 10.9 Å². The zero-order valence-corrected chi connectivity index (χ0v) is 9.86. The highest BCUT2D eigenvalue weighted by Gasteiger charge is 2.25. The summed E-state index contributed by atoms with van der Waals surface area (Å²) in [5.41, 5.74) is 2.09. The third-order valence-corrected chi connectivity index (χ3v) is 3.43. The van der Waals surface area contributed by atoms with E-state index in [9.17, 15) is 4.79 Å². The zero-order chi connectivity index (χ0) is 11.8. The first kappa shape index (κ1) is 10.5. The fraction of sp³-hybridized carbons (Fsp3) is 0.267. The maximum Gasteiger partial charge on any atom is 0.168 e. The number of carbonyl (C=O) groups excluding carboxylic acids is 1. The van der Waals surface area contributed by atoms with Crippen LogP contribution in [0.2, 0.25) is 0 Å². The summed E-state index contributed by atoms with van der Waals surface area (Å²) >= 11 is 0. The minimum Gasteiger partial charge on any atom is -0.315 e. The lowest BCUT2D eigenvalue weighted by molar-refractivity contribution is 0.0878. The van der Waals surface area contributed by atoms with Crippen molar-refractivity contribution in [2.75, 3.05) is 13.1 Å². The standard InChI is InChI=1S/C15H15NO/c1-10-2-3-12-7-13(5-4-11(12)6-10)15(17)14-8-16-9-14/h2-7,14,16H,8-9H2,1H3. The number of benzene rings is 2. The SMILES string of the molecule is Cc1ccc2cc(C(=O)C3CNC3)ccc2c1. The molecule has 0 unspecified atom stereocenters. The maximum absolute atomic E-state index is 12.1. The third-order valence-electron chi connectivity index (χ3n) is 3.43. The van der Waals surface area contributed by atoms with Crippen LogP contribution in [0.3, 0.4) is 0 Å². The summed E-state index contributed by atoms with van der Waals surface area (Å²) in [5, 5.41) is 5.48. The van der Waals surface area contributed by atoms with Crippen molar-refractivity contribution in [3.05, 3.63) is 47.5 Å². The van der Waals surface area contributed by atoms with Gasteiger partial charge in [-0.25, -0.2) is 0 Å². The highest BCUT2D eigenvalue weighted by Crippen LogP contribution is 2.20. The molecule has 86 valence electrons. The van der Waals surface area contributed by atoms with Gasteiger partial charge in [-0.05, 0) is 23.8 Å². The number of fused-ring (bicyclic) bond motifs is 1. The summed E-state index contributed by atoms with van der Waals surface area (Å²) in [5.74, 6) is 0.448. The second kappa shape index (κ2) is 3.97. The van der Waals surface area contributed by atoms with E-state index in [4.69, 9.17) is 0 Å². The van der Waals surface area contributed by atoms with Gasteiger partial charge in [-0.15, -0.1) is 0 Å². The molecule has 3 rings (SSSR count). The van der Waals surface area contributed by atoms with Crippen molar-refractivity contribution >= 4 is 16.6 Å². The average Bonchev–Trinajstić information content (AvgIpc) is 2.26. The van der Waals surface area contributed by atoms with Crippen LogP contribution in [-0.2, 0) is 0 Å². The number of Topliss-reactive ketones (excluding diaryl/α,β-unsaturated/α-hetero) is 1. The van der Waals surface area contributed by atoms with E-state index in [1.54, 1.807) is 0 Å². The topological polar surface area (TPSA) is 29.1 Å². The normalized spacial score (nSPS) is 15.8. The largest absolute Gasteiger partial charge is 0.315 e. The van der Waals surface area contributed by atoms with Crippen LogP contribution in [0.4, 0.5) is 0 Å². The van der Waals surface area contributed by atoms with Crippen molar-refractivity contribution in [1.29, 1.82) is 0 Å². The number of hydrogen-bond donors (Lipinski definition) is 1. The number of aryl methyl sites for hydroxylation is 1. The molecule has 0 radical (unpaired) electrons. The van der Waals surface area contributed by atoms with Crippen LogP contribution in [0, 0.1) is 12.8 Å². The fourth-order valence-corrected chi connectivity index (χ4v) is 2.23. The van der Waals surface area contributed by atoms with Gasteiger partial charge >= 0.3 is 0 Å². The molecule has 0 saturated carbocycles. The zero-order valence-electron chi connectivity index (χ0n) is 9.86. The molecule has 17 heavy (non-hydrogen) atoms. The predicted molar refractivity (Wildman–Crippen MR) is 69.4 cm³/mol. The highest BCUT2D eigenvalue weighted by atomic mass is 16.1. The lowest BCUT2D eigenvalue weighted by atomic mass is 9.91. The molecule has 1 aliphatic heterocycles. The molecule has 0 aromatic heterocycles. The monoisotopic (exact) mass is 225 g/mol.